The third kappa shape index (κ3) is 5.57. The van der Waals surface area contributed by atoms with E-state index >= 15 is 0 Å². The van der Waals surface area contributed by atoms with Crippen molar-refractivity contribution in [2.24, 2.45) is 0 Å². The summed E-state index contributed by atoms with van der Waals surface area (Å²) in [7, 11) is 1.26. The standard InChI is InChI=1S/C20H22N2O5/c1-13-7-6-9-16(14(13)2)22-18(23)11-21-19(24)12-27-17-10-5-4-8-15(17)20(25)26-3/h4-10H,11-12H2,1-3H3,(H,21,24)(H,22,23). The minimum absolute atomic E-state index is 0.186. The molecule has 2 amide bonds. The van der Waals surface area contributed by atoms with E-state index in [1.807, 2.05) is 26.0 Å². The van der Waals surface area contributed by atoms with E-state index in [0.717, 1.165) is 11.1 Å². The molecule has 0 aliphatic heterocycles. The lowest BCUT2D eigenvalue weighted by Crippen LogP contribution is -2.36. The molecule has 27 heavy (non-hydrogen) atoms. The Kier molecular flexibility index (Phi) is 6.93. The van der Waals surface area contributed by atoms with E-state index in [1.165, 1.54) is 13.2 Å². The number of hydrogen-bond donors (Lipinski definition) is 2. The molecule has 0 aromatic heterocycles. The molecule has 0 spiro atoms. The Bertz CT molecular complexity index is 848. The Labute approximate surface area is 157 Å². The van der Waals surface area contributed by atoms with Crippen LogP contribution in [-0.2, 0) is 14.3 Å². The number of anilines is 1. The molecule has 0 radical (unpaired) electrons. The molecule has 142 valence electrons. The number of amides is 2. The van der Waals surface area contributed by atoms with Crippen molar-refractivity contribution in [3.63, 3.8) is 0 Å². The zero-order valence-corrected chi connectivity index (χ0v) is 15.5. The van der Waals surface area contributed by atoms with Gasteiger partial charge in [-0.05, 0) is 43.2 Å². The van der Waals surface area contributed by atoms with Crippen LogP contribution in [0, 0.1) is 13.8 Å². The molecule has 2 N–H and O–H groups in total. The molecule has 0 bridgehead atoms. The van der Waals surface area contributed by atoms with Crippen LogP contribution in [0.5, 0.6) is 5.75 Å². The first kappa shape index (κ1) is 20.0. The van der Waals surface area contributed by atoms with Crippen molar-refractivity contribution in [1.29, 1.82) is 0 Å². The summed E-state index contributed by atoms with van der Waals surface area (Å²) in [5, 5.41) is 5.23. The zero-order valence-electron chi connectivity index (χ0n) is 15.5. The SMILES string of the molecule is COC(=O)c1ccccc1OCC(=O)NCC(=O)Nc1cccc(C)c1C. The molecule has 7 nitrogen and oxygen atoms in total. The smallest absolute Gasteiger partial charge is 0.341 e. The molecule has 2 aromatic rings. The van der Waals surface area contributed by atoms with E-state index in [4.69, 9.17) is 4.74 Å². The van der Waals surface area contributed by atoms with Gasteiger partial charge in [0.2, 0.25) is 5.91 Å². The lowest BCUT2D eigenvalue weighted by Gasteiger charge is -2.12. The van der Waals surface area contributed by atoms with E-state index in [0.29, 0.717) is 5.69 Å². The highest BCUT2D eigenvalue weighted by Crippen LogP contribution is 2.19. The molecule has 0 saturated heterocycles. The summed E-state index contributed by atoms with van der Waals surface area (Å²) in [4.78, 5) is 35.6. The van der Waals surface area contributed by atoms with Gasteiger partial charge in [-0.25, -0.2) is 4.79 Å². The van der Waals surface area contributed by atoms with Gasteiger partial charge in [-0.15, -0.1) is 0 Å². The van der Waals surface area contributed by atoms with Gasteiger partial charge in [0.25, 0.3) is 5.91 Å². The summed E-state index contributed by atoms with van der Waals surface area (Å²) in [5.74, 6) is -1.14. The molecule has 0 aliphatic carbocycles. The summed E-state index contributed by atoms with van der Waals surface area (Å²) in [5.41, 5.74) is 2.97. The second-order valence-corrected chi connectivity index (χ2v) is 5.85. The average Bonchev–Trinajstić information content (AvgIpc) is 2.68. The summed E-state index contributed by atoms with van der Waals surface area (Å²) < 4.78 is 10.0. The van der Waals surface area contributed by atoms with Crippen LogP contribution >= 0.6 is 0 Å². The zero-order chi connectivity index (χ0) is 19.8. The number of nitrogens with one attached hydrogen (secondary N) is 2. The average molecular weight is 370 g/mol. The fraction of sp³-hybridized carbons (Fsp3) is 0.250. The van der Waals surface area contributed by atoms with Crippen LogP contribution < -0.4 is 15.4 Å². The number of carbonyl (C=O) groups is 3. The first-order valence-electron chi connectivity index (χ1n) is 8.35. The van der Waals surface area contributed by atoms with Crippen molar-refractivity contribution >= 4 is 23.5 Å². The van der Waals surface area contributed by atoms with Crippen molar-refractivity contribution in [2.75, 3.05) is 25.6 Å². The lowest BCUT2D eigenvalue weighted by molar-refractivity contribution is -0.125. The lowest BCUT2D eigenvalue weighted by atomic mass is 10.1. The topological polar surface area (TPSA) is 93.7 Å². The van der Waals surface area contributed by atoms with Gasteiger partial charge in [0.1, 0.15) is 11.3 Å². The van der Waals surface area contributed by atoms with Crippen LogP contribution in [0.1, 0.15) is 21.5 Å². The van der Waals surface area contributed by atoms with Crippen molar-refractivity contribution in [1.82, 2.24) is 5.32 Å². The van der Waals surface area contributed by atoms with Crippen molar-refractivity contribution in [2.45, 2.75) is 13.8 Å². The number of para-hydroxylation sites is 1. The summed E-state index contributed by atoms with van der Waals surface area (Å²) in [6, 6.07) is 12.0. The summed E-state index contributed by atoms with van der Waals surface area (Å²) in [6.45, 7) is 3.35. The largest absolute Gasteiger partial charge is 0.483 e. The van der Waals surface area contributed by atoms with Crippen LogP contribution in [0.2, 0.25) is 0 Å². The van der Waals surface area contributed by atoms with E-state index in [9.17, 15) is 14.4 Å². The third-order valence-corrected chi connectivity index (χ3v) is 3.98. The Hall–Kier alpha value is -3.35. The maximum Gasteiger partial charge on any atom is 0.341 e. The molecule has 0 saturated carbocycles. The van der Waals surface area contributed by atoms with Gasteiger partial charge < -0.3 is 20.1 Å². The minimum atomic E-state index is -0.557. The highest BCUT2D eigenvalue weighted by atomic mass is 16.5. The molecule has 0 unspecified atom stereocenters. The number of rotatable bonds is 7. The van der Waals surface area contributed by atoms with Crippen molar-refractivity contribution < 1.29 is 23.9 Å². The van der Waals surface area contributed by atoms with Gasteiger partial charge in [0, 0.05) is 5.69 Å². The monoisotopic (exact) mass is 370 g/mol. The number of ether oxygens (including phenoxy) is 2. The van der Waals surface area contributed by atoms with E-state index in [-0.39, 0.29) is 30.4 Å². The van der Waals surface area contributed by atoms with Crippen LogP contribution in [0.25, 0.3) is 0 Å². The minimum Gasteiger partial charge on any atom is -0.483 e. The number of esters is 1. The van der Waals surface area contributed by atoms with Crippen LogP contribution in [0.15, 0.2) is 42.5 Å². The van der Waals surface area contributed by atoms with Crippen LogP contribution in [-0.4, -0.2) is 38.0 Å². The molecule has 2 rings (SSSR count). The predicted molar refractivity (Wildman–Crippen MR) is 101 cm³/mol. The van der Waals surface area contributed by atoms with Gasteiger partial charge >= 0.3 is 5.97 Å². The fourth-order valence-corrected chi connectivity index (χ4v) is 2.33. The normalized spacial score (nSPS) is 10.0. The molecule has 0 fully saturated rings. The Morgan fingerprint density at radius 3 is 2.44 bits per heavy atom. The molecule has 2 aromatic carbocycles. The Balaban J connectivity index is 1.84. The van der Waals surface area contributed by atoms with Crippen molar-refractivity contribution in [3.05, 3.63) is 59.2 Å². The number of aryl methyl sites for hydroxylation is 1. The molecule has 0 aliphatic rings. The van der Waals surface area contributed by atoms with Gasteiger partial charge in [-0.1, -0.05) is 24.3 Å². The quantitative estimate of drug-likeness (QED) is 0.729. The van der Waals surface area contributed by atoms with Crippen LogP contribution in [0.3, 0.4) is 0 Å². The second kappa shape index (κ2) is 9.38. The Morgan fingerprint density at radius 2 is 1.70 bits per heavy atom. The van der Waals surface area contributed by atoms with Crippen LogP contribution in [0.4, 0.5) is 5.69 Å². The Morgan fingerprint density at radius 1 is 0.963 bits per heavy atom. The number of benzene rings is 2. The molecule has 7 heteroatoms. The highest BCUT2D eigenvalue weighted by Gasteiger charge is 2.14. The maximum absolute atomic E-state index is 12.0. The fourth-order valence-electron chi connectivity index (χ4n) is 2.33. The first-order chi connectivity index (χ1) is 12.9. The summed E-state index contributed by atoms with van der Waals surface area (Å²) >= 11 is 0. The van der Waals surface area contributed by atoms with E-state index in [1.54, 1.807) is 24.3 Å². The van der Waals surface area contributed by atoms with Gasteiger partial charge in [0.15, 0.2) is 6.61 Å². The summed E-state index contributed by atoms with van der Waals surface area (Å²) in [6.07, 6.45) is 0. The molecule has 0 heterocycles. The maximum atomic E-state index is 12.0. The van der Waals surface area contributed by atoms with Gasteiger partial charge in [0.05, 0.1) is 13.7 Å². The van der Waals surface area contributed by atoms with E-state index in [2.05, 4.69) is 15.4 Å². The highest BCUT2D eigenvalue weighted by molar-refractivity contribution is 5.95. The second-order valence-electron chi connectivity index (χ2n) is 5.85. The van der Waals surface area contributed by atoms with Crippen molar-refractivity contribution in [3.8, 4) is 5.75 Å². The van der Waals surface area contributed by atoms with E-state index < -0.39 is 11.9 Å². The van der Waals surface area contributed by atoms with Gasteiger partial charge in [-0.3, -0.25) is 9.59 Å². The third-order valence-electron chi connectivity index (χ3n) is 3.98. The predicted octanol–water partition coefficient (Wildman–Crippen LogP) is 2.22. The molecule has 0 atom stereocenters. The number of hydrogen-bond acceptors (Lipinski definition) is 5. The first-order valence-corrected chi connectivity index (χ1v) is 8.35. The number of methoxy groups -OCH3 is 1. The molecular formula is C20H22N2O5. The number of carbonyl (C=O) groups excluding carboxylic acids is 3. The van der Waals surface area contributed by atoms with Gasteiger partial charge in [-0.2, -0.15) is 0 Å². The molecular weight excluding hydrogens is 348 g/mol.